The fourth-order valence-corrected chi connectivity index (χ4v) is 2.57. The molecule has 0 heterocycles. The number of amidine groups is 1. The SMILES string of the molecule is CCOC(N)=Nc1ccc(OC)c(CNCCCc2ccccc2)c1. The van der Waals surface area contributed by atoms with Crippen LogP contribution in [0.1, 0.15) is 24.5 Å². The molecule has 0 unspecified atom stereocenters. The second-order valence-electron chi connectivity index (χ2n) is 5.65. The van der Waals surface area contributed by atoms with Gasteiger partial charge in [0.2, 0.25) is 0 Å². The Morgan fingerprint density at radius 2 is 1.96 bits per heavy atom. The minimum absolute atomic E-state index is 0.175. The predicted octanol–water partition coefficient (Wildman–Crippen LogP) is 3.40. The summed E-state index contributed by atoms with van der Waals surface area (Å²) < 4.78 is 10.6. The molecule has 0 aliphatic heterocycles. The van der Waals surface area contributed by atoms with E-state index >= 15 is 0 Å². The van der Waals surface area contributed by atoms with Gasteiger partial charge in [-0.25, -0.2) is 0 Å². The summed E-state index contributed by atoms with van der Waals surface area (Å²) >= 11 is 0. The Morgan fingerprint density at radius 3 is 2.68 bits per heavy atom. The number of nitrogens with zero attached hydrogens (tertiary/aromatic N) is 1. The van der Waals surface area contributed by atoms with E-state index in [-0.39, 0.29) is 6.02 Å². The molecule has 2 aromatic carbocycles. The summed E-state index contributed by atoms with van der Waals surface area (Å²) in [4.78, 5) is 4.26. The maximum Gasteiger partial charge on any atom is 0.287 e. The molecule has 0 aliphatic rings. The number of hydrogen-bond acceptors (Lipinski definition) is 4. The number of ether oxygens (including phenoxy) is 2. The maximum atomic E-state index is 5.71. The number of hydrogen-bond donors (Lipinski definition) is 2. The van der Waals surface area contributed by atoms with Crippen LogP contribution in [-0.2, 0) is 17.7 Å². The van der Waals surface area contributed by atoms with E-state index in [0.29, 0.717) is 6.61 Å². The first-order chi connectivity index (χ1) is 12.2. The molecule has 0 saturated carbocycles. The Labute approximate surface area is 149 Å². The van der Waals surface area contributed by atoms with E-state index in [4.69, 9.17) is 15.2 Å². The molecule has 2 rings (SSSR count). The van der Waals surface area contributed by atoms with Gasteiger partial charge < -0.3 is 20.5 Å². The Balaban J connectivity index is 1.88. The molecule has 0 saturated heterocycles. The van der Waals surface area contributed by atoms with Crippen molar-refractivity contribution in [2.24, 2.45) is 10.7 Å². The van der Waals surface area contributed by atoms with E-state index in [1.165, 1.54) is 5.56 Å². The normalized spacial score (nSPS) is 11.4. The fraction of sp³-hybridized carbons (Fsp3) is 0.350. The molecule has 0 aromatic heterocycles. The van der Waals surface area contributed by atoms with Crippen molar-refractivity contribution in [3.8, 4) is 5.75 Å². The van der Waals surface area contributed by atoms with Crippen LogP contribution in [0.2, 0.25) is 0 Å². The number of methoxy groups -OCH3 is 1. The number of nitrogens with one attached hydrogen (secondary N) is 1. The van der Waals surface area contributed by atoms with Crippen LogP contribution in [0.5, 0.6) is 5.75 Å². The Hall–Kier alpha value is -2.53. The number of rotatable bonds is 9. The molecule has 0 fully saturated rings. The van der Waals surface area contributed by atoms with E-state index in [0.717, 1.165) is 42.9 Å². The average Bonchev–Trinajstić information content (AvgIpc) is 2.63. The summed E-state index contributed by atoms with van der Waals surface area (Å²) in [5, 5.41) is 3.46. The zero-order valence-corrected chi connectivity index (χ0v) is 15.0. The van der Waals surface area contributed by atoms with Crippen molar-refractivity contribution in [3.63, 3.8) is 0 Å². The second kappa shape index (κ2) is 10.4. The van der Waals surface area contributed by atoms with E-state index in [1.54, 1.807) is 7.11 Å². The highest BCUT2D eigenvalue weighted by atomic mass is 16.5. The van der Waals surface area contributed by atoms with Crippen LogP contribution in [0, 0.1) is 0 Å². The lowest BCUT2D eigenvalue weighted by molar-refractivity contribution is 0.322. The van der Waals surface area contributed by atoms with Gasteiger partial charge in [0.05, 0.1) is 19.4 Å². The zero-order chi connectivity index (χ0) is 17.9. The topological polar surface area (TPSA) is 68.9 Å². The first kappa shape index (κ1) is 18.8. The molecule has 25 heavy (non-hydrogen) atoms. The van der Waals surface area contributed by atoms with Gasteiger partial charge in [-0.1, -0.05) is 30.3 Å². The Morgan fingerprint density at radius 1 is 1.16 bits per heavy atom. The minimum Gasteiger partial charge on any atom is -0.496 e. The lowest BCUT2D eigenvalue weighted by atomic mass is 10.1. The van der Waals surface area contributed by atoms with Crippen LogP contribution in [0.25, 0.3) is 0 Å². The molecule has 134 valence electrons. The van der Waals surface area contributed by atoms with Crippen molar-refractivity contribution in [2.75, 3.05) is 20.3 Å². The highest BCUT2D eigenvalue weighted by Gasteiger charge is 2.05. The third-order valence-electron chi connectivity index (χ3n) is 3.77. The molecule has 3 N–H and O–H groups in total. The number of nitrogens with two attached hydrogens (primary N) is 1. The van der Waals surface area contributed by atoms with Gasteiger partial charge in [0.25, 0.3) is 6.02 Å². The zero-order valence-electron chi connectivity index (χ0n) is 15.0. The van der Waals surface area contributed by atoms with Crippen molar-refractivity contribution in [1.82, 2.24) is 5.32 Å². The Bertz CT molecular complexity index is 672. The molecular weight excluding hydrogens is 314 g/mol. The van der Waals surface area contributed by atoms with Gasteiger partial charge in [0.15, 0.2) is 0 Å². The van der Waals surface area contributed by atoms with Crippen LogP contribution in [0.3, 0.4) is 0 Å². The maximum absolute atomic E-state index is 5.71. The molecule has 0 amide bonds. The quantitative estimate of drug-likeness (QED) is 0.417. The lowest BCUT2D eigenvalue weighted by Crippen LogP contribution is -2.16. The van der Waals surface area contributed by atoms with Crippen molar-refractivity contribution in [3.05, 3.63) is 59.7 Å². The first-order valence-corrected chi connectivity index (χ1v) is 8.61. The van der Waals surface area contributed by atoms with Crippen LogP contribution in [0.4, 0.5) is 5.69 Å². The van der Waals surface area contributed by atoms with Gasteiger partial charge in [-0.15, -0.1) is 0 Å². The van der Waals surface area contributed by atoms with Crippen LogP contribution >= 0.6 is 0 Å². The molecule has 0 atom stereocenters. The minimum atomic E-state index is 0.175. The summed E-state index contributed by atoms with van der Waals surface area (Å²) in [5.74, 6) is 0.837. The molecular formula is C20H27N3O2. The summed E-state index contributed by atoms with van der Waals surface area (Å²) in [6.07, 6.45) is 2.15. The second-order valence-corrected chi connectivity index (χ2v) is 5.65. The molecule has 5 nitrogen and oxygen atoms in total. The predicted molar refractivity (Wildman–Crippen MR) is 102 cm³/mol. The smallest absolute Gasteiger partial charge is 0.287 e. The monoisotopic (exact) mass is 341 g/mol. The van der Waals surface area contributed by atoms with Crippen LogP contribution < -0.4 is 15.8 Å². The van der Waals surface area contributed by atoms with Gasteiger partial charge >= 0.3 is 0 Å². The van der Waals surface area contributed by atoms with E-state index < -0.39 is 0 Å². The number of benzene rings is 2. The van der Waals surface area contributed by atoms with Crippen LogP contribution in [-0.4, -0.2) is 26.3 Å². The Kier molecular flexibility index (Phi) is 7.79. The molecule has 0 aliphatic carbocycles. The molecule has 0 bridgehead atoms. The molecule has 5 heteroatoms. The van der Waals surface area contributed by atoms with Crippen molar-refractivity contribution < 1.29 is 9.47 Å². The molecule has 2 aromatic rings. The van der Waals surface area contributed by atoms with Gasteiger partial charge in [0, 0.05) is 12.1 Å². The average molecular weight is 341 g/mol. The highest BCUT2D eigenvalue weighted by Crippen LogP contribution is 2.24. The fourth-order valence-electron chi connectivity index (χ4n) is 2.57. The molecule has 0 spiro atoms. The van der Waals surface area contributed by atoms with E-state index in [1.807, 2.05) is 31.2 Å². The first-order valence-electron chi connectivity index (χ1n) is 8.61. The van der Waals surface area contributed by atoms with Gasteiger partial charge in [-0.05, 0) is 50.1 Å². The van der Waals surface area contributed by atoms with E-state index in [2.05, 4.69) is 34.6 Å². The summed E-state index contributed by atoms with van der Waals surface area (Å²) in [6.45, 7) is 4.03. The van der Waals surface area contributed by atoms with Crippen LogP contribution in [0.15, 0.2) is 53.5 Å². The van der Waals surface area contributed by atoms with Gasteiger partial charge in [-0.3, -0.25) is 0 Å². The third-order valence-corrected chi connectivity index (χ3v) is 3.77. The lowest BCUT2D eigenvalue weighted by Gasteiger charge is -2.11. The van der Waals surface area contributed by atoms with E-state index in [9.17, 15) is 0 Å². The summed E-state index contributed by atoms with van der Waals surface area (Å²) in [5.41, 5.74) is 8.88. The number of aliphatic imine (C=N–C) groups is 1. The molecule has 0 radical (unpaired) electrons. The van der Waals surface area contributed by atoms with Gasteiger partial charge in [0.1, 0.15) is 5.75 Å². The highest BCUT2D eigenvalue weighted by molar-refractivity contribution is 5.75. The summed E-state index contributed by atoms with van der Waals surface area (Å²) in [6, 6.07) is 16.4. The van der Waals surface area contributed by atoms with Crippen molar-refractivity contribution in [1.29, 1.82) is 0 Å². The standard InChI is InChI=1S/C20H27N3O2/c1-3-25-20(21)23-18-11-12-19(24-2)17(14-18)15-22-13-7-10-16-8-5-4-6-9-16/h4-6,8-9,11-12,14,22H,3,7,10,13,15H2,1-2H3,(H2,21,23). The third kappa shape index (κ3) is 6.47. The van der Waals surface area contributed by atoms with Gasteiger partial charge in [-0.2, -0.15) is 4.99 Å². The summed E-state index contributed by atoms with van der Waals surface area (Å²) in [7, 11) is 1.67. The number of aryl methyl sites for hydroxylation is 1. The van der Waals surface area contributed by atoms with Crippen molar-refractivity contribution >= 4 is 11.7 Å². The van der Waals surface area contributed by atoms with Crippen molar-refractivity contribution in [2.45, 2.75) is 26.3 Å². The largest absolute Gasteiger partial charge is 0.496 e.